The molecule has 0 aromatic carbocycles. The number of rotatable bonds is 4. The maximum atomic E-state index is 5.68. The normalized spacial score (nSPS) is 15.3. The molecule has 0 aliphatic rings. The molecule has 0 spiro atoms. The predicted molar refractivity (Wildman–Crippen MR) is 47.6 cm³/mol. The van der Waals surface area contributed by atoms with Crippen molar-refractivity contribution in [2.24, 2.45) is 5.73 Å². The molecule has 2 nitrogen and oxygen atoms in total. The minimum atomic E-state index is -1.32. The lowest BCUT2D eigenvalue weighted by atomic mass is 10.3. The van der Waals surface area contributed by atoms with Crippen LogP contribution in [0.25, 0.3) is 0 Å². The Balaban J connectivity index is 3.36. The smallest absolute Gasteiger partial charge is 0.183 e. The molecule has 3 heteroatoms. The van der Waals surface area contributed by atoms with E-state index in [0.29, 0.717) is 0 Å². The summed E-state index contributed by atoms with van der Waals surface area (Å²) in [5.41, 5.74) is 5.68. The Morgan fingerprint density at radius 1 is 1.40 bits per heavy atom. The van der Waals surface area contributed by atoms with Crippen molar-refractivity contribution in [3.8, 4) is 0 Å². The van der Waals surface area contributed by atoms with Gasteiger partial charge >= 0.3 is 0 Å². The van der Waals surface area contributed by atoms with Crippen LogP contribution in [-0.4, -0.2) is 21.0 Å². The Labute approximate surface area is 64.9 Å². The van der Waals surface area contributed by atoms with E-state index in [-0.39, 0.29) is 6.04 Å². The summed E-state index contributed by atoms with van der Waals surface area (Å²) in [4.78, 5) is 0. The second kappa shape index (κ2) is 4.11. The zero-order valence-corrected chi connectivity index (χ0v) is 8.48. The molecule has 0 amide bonds. The molecule has 0 saturated heterocycles. The van der Waals surface area contributed by atoms with Gasteiger partial charge in [0.25, 0.3) is 0 Å². The van der Waals surface area contributed by atoms with Gasteiger partial charge < -0.3 is 10.2 Å². The highest BCUT2D eigenvalue weighted by Gasteiger charge is 2.14. The molecule has 0 unspecified atom stereocenters. The van der Waals surface area contributed by atoms with Gasteiger partial charge in [-0.25, -0.2) is 0 Å². The minimum Gasteiger partial charge on any atom is -0.416 e. The molecule has 1 atom stereocenters. The van der Waals surface area contributed by atoms with E-state index in [9.17, 15) is 0 Å². The lowest BCUT2D eigenvalue weighted by molar-refractivity contribution is 0.279. The molecule has 10 heavy (non-hydrogen) atoms. The minimum absolute atomic E-state index is 0.228. The number of hydrogen-bond acceptors (Lipinski definition) is 2. The van der Waals surface area contributed by atoms with Crippen molar-refractivity contribution in [2.75, 3.05) is 6.61 Å². The van der Waals surface area contributed by atoms with Crippen LogP contribution in [0, 0.1) is 0 Å². The van der Waals surface area contributed by atoms with Crippen LogP contribution in [-0.2, 0) is 4.43 Å². The van der Waals surface area contributed by atoms with Gasteiger partial charge in [-0.05, 0) is 26.1 Å². The third-order valence-corrected chi connectivity index (χ3v) is 2.29. The van der Waals surface area contributed by atoms with Gasteiger partial charge in [0, 0.05) is 12.6 Å². The lowest BCUT2D eigenvalue weighted by Gasteiger charge is -2.19. The molecular weight excluding hydrogens is 142 g/mol. The summed E-state index contributed by atoms with van der Waals surface area (Å²) in [5, 5.41) is 0. The largest absolute Gasteiger partial charge is 0.416 e. The number of hydrogen-bond donors (Lipinski definition) is 1. The monoisotopic (exact) mass is 161 g/mol. The van der Waals surface area contributed by atoms with E-state index in [0.717, 1.165) is 13.0 Å². The standard InChI is InChI=1S/C7H19NOSi/c1-5-7(8)6-9-10(2,3)4/h7H,5-6,8H2,1-4H3/t7-/m0/s1. The predicted octanol–water partition coefficient (Wildman–Crippen LogP) is 1.58. The Morgan fingerprint density at radius 3 is 2.20 bits per heavy atom. The van der Waals surface area contributed by atoms with E-state index in [2.05, 4.69) is 26.6 Å². The third-order valence-electron chi connectivity index (χ3n) is 1.25. The zero-order chi connectivity index (χ0) is 8.20. The van der Waals surface area contributed by atoms with Crippen molar-refractivity contribution in [2.45, 2.75) is 39.0 Å². The quantitative estimate of drug-likeness (QED) is 0.635. The van der Waals surface area contributed by atoms with Crippen molar-refractivity contribution in [1.29, 1.82) is 0 Å². The summed E-state index contributed by atoms with van der Waals surface area (Å²) in [6.07, 6.45) is 1.00. The van der Waals surface area contributed by atoms with Gasteiger partial charge in [0.1, 0.15) is 0 Å². The first kappa shape index (κ1) is 10.1. The fourth-order valence-electron chi connectivity index (χ4n) is 0.475. The maximum absolute atomic E-state index is 5.68. The molecule has 2 N–H and O–H groups in total. The molecule has 0 bridgehead atoms. The molecule has 0 fully saturated rings. The zero-order valence-electron chi connectivity index (χ0n) is 7.48. The second-order valence-electron chi connectivity index (χ2n) is 3.59. The summed E-state index contributed by atoms with van der Waals surface area (Å²) >= 11 is 0. The van der Waals surface area contributed by atoms with Crippen LogP contribution in [0.4, 0.5) is 0 Å². The first-order valence-corrected chi connectivity index (χ1v) is 7.26. The fourth-order valence-corrected chi connectivity index (χ4v) is 1.19. The molecule has 0 aromatic heterocycles. The summed E-state index contributed by atoms with van der Waals surface area (Å²) in [7, 11) is -1.32. The molecule has 0 aromatic rings. The van der Waals surface area contributed by atoms with Gasteiger partial charge in [-0.15, -0.1) is 0 Å². The first-order chi connectivity index (χ1) is 4.45. The van der Waals surface area contributed by atoms with Gasteiger partial charge in [-0.3, -0.25) is 0 Å². The number of nitrogens with two attached hydrogens (primary N) is 1. The topological polar surface area (TPSA) is 35.2 Å². The van der Waals surface area contributed by atoms with Gasteiger partial charge in [0.2, 0.25) is 0 Å². The van der Waals surface area contributed by atoms with E-state index in [1.807, 2.05) is 0 Å². The molecule has 0 heterocycles. The van der Waals surface area contributed by atoms with Gasteiger partial charge in [0.15, 0.2) is 8.32 Å². The molecule has 0 aliphatic carbocycles. The van der Waals surface area contributed by atoms with Crippen molar-refractivity contribution in [3.05, 3.63) is 0 Å². The van der Waals surface area contributed by atoms with Gasteiger partial charge in [-0.2, -0.15) is 0 Å². The van der Waals surface area contributed by atoms with E-state index >= 15 is 0 Å². The van der Waals surface area contributed by atoms with Crippen LogP contribution in [0.3, 0.4) is 0 Å². The lowest BCUT2D eigenvalue weighted by Crippen LogP contribution is -2.34. The van der Waals surface area contributed by atoms with Crippen molar-refractivity contribution < 1.29 is 4.43 Å². The van der Waals surface area contributed by atoms with Crippen molar-refractivity contribution in [3.63, 3.8) is 0 Å². The average molecular weight is 161 g/mol. The molecule has 0 saturated carbocycles. The van der Waals surface area contributed by atoms with Crippen molar-refractivity contribution >= 4 is 8.32 Å². The van der Waals surface area contributed by atoms with Crippen LogP contribution in [0.5, 0.6) is 0 Å². The SMILES string of the molecule is CC[C@H](N)CO[Si](C)(C)C. The van der Waals surface area contributed by atoms with Gasteiger partial charge in [-0.1, -0.05) is 6.92 Å². The van der Waals surface area contributed by atoms with Crippen LogP contribution >= 0.6 is 0 Å². The fraction of sp³-hybridized carbons (Fsp3) is 1.00. The van der Waals surface area contributed by atoms with Crippen LogP contribution < -0.4 is 5.73 Å². The first-order valence-electron chi connectivity index (χ1n) is 3.85. The molecule has 0 rings (SSSR count). The molecule has 0 radical (unpaired) electrons. The highest BCUT2D eigenvalue weighted by Crippen LogP contribution is 2.03. The maximum Gasteiger partial charge on any atom is 0.183 e. The van der Waals surface area contributed by atoms with E-state index in [1.54, 1.807) is 0 Å². The summed E-state index contributed by atoms with van der Waals surface area (Å²) < 4.78 is 5.60. The molecule has 0 aliphatic heterocycles. The van der Waals surface area contributed by atoms with E-state index in [4.69, 9.17) is 10.2 Å². The van der Waals surface area contributed by atoms with Crippen LogP contribution in [0.2, 0.25) is 19.6 Å². The summed E-state index contributed by atoms with van der Waals surface area (Å²) in [6.45, 7) is 9.34. The van der Waals surface area contributed by atoms with E-state index in [1.165, 1.54) is 0 Å². The average Bonchev–Trinajstić information content (AvgIpc) is 1.81. The molecular formula is C7H19NOSi. The van der Waals surface area contributed by atoms with E-state index < -0.39 is 8.32 Å². The Bertz CT molecular complexity index is 90.1. The summed E-state index contributed by atoms with van der Waals surface area (Å²) in [6, 6.07) is 0.228. The highest BCUT2D eigenvalue weighted by atomic mass is 28.4. The summed E-state index contributed by atoms with van der Waals surface area (Å²) in [5.74, 6) is 0. The molecule has 62 valence electrons. The van der Waals surface area contributed by atoms with Crippen LogP contribution in [0.15, 0.2) is 0 Å². The Hall–Kier alpha value is 0.137. The van der Waals surface area contributed by atoms with Crippen molar-refractivity contribution in [1.82, 2.24) is 0 Å². The van der Waals surface area contributed by atoms with Crippen LogP contribution in [0.1, 0.15) is 13.3 Å². The second-order valence-corrected chi connectivity index (χ2v) is 8.11. The highest BCUT2D eigenvalue weighted by molar-refractivity contribution is 6.69. The Kier molecular flexibility index (Phi) is 4.16. The third kappa shape index (κ3) is 6.26. The Morgan fingerprint density at radius 2 is 1.90 bits per heavy atom. The van der Waals surface area contributed by atoms with Gasteiger partial charge in [0.05, 0.1) is 0 Å².